The van der Waals surface area contributed by atoms with E-state index in [4.69, 9.17) is 5.11 Å². The first kappa shape index (κ1) is 16.6. The first-order valence-corrected chi connectivity index (χ1v) is 7.31. The Labute approximate surface area is 133 Å². The molecule has 23 heavy (non-hydrogen) atoms. The highest BCUT2D eigenvalue weighted by Crippen LogP contribution is 2.18. The molecule has 3 amide bonds. The molecule has 1 fully saturated rings. The van der Waals surface area contributed by atoms with Gasteiger partial charge in [0.1, 0.15) is 5.75 Å². The minimum atomic E-state index is -0.969. The number of carboxylic acids is 1. The lowest BCUT2D eigenvalue weighted by Gasteiger charge is -2.34. The highest BCUT2D eigenvalue weighted by molar-refractivity contribution is 5.97. The quantitative estimate of drug-likeness (QED) is 0.740. The number of benzene rings is 1. The fraction of sp³-hybridized carbons (Fsp3) is 0.400. The molecule has 0 radical (unpaired) electrons. The summed E-state index contributed by atoms with van der Waals surface area (Å²) < 4.78 is 0. The van der Waals surface area contributed by atoms with E-state index in [1.807, 2.05) is 0 Å². The van der Waals surface area contributed by atoms with Gasteiger partial charge in [-0.2, -0.15) is 0 Å². The first-order chi connectivity index (χ1) is 11.0. The predicted molar refractivity (Wildman–Crippen MR) is 81.2 cm³/mol. The summed E-state index contributed by atoms with van der Waals surface area (Å²) in [5.41, 5.74) is 0.242. The molecule has 8 nitrogen and oxygen atoms in total. The van der Waals surface area contributed by atoms with Gasteiger partial charge in [0.25, 0.3) is 5.91 Å². The summed E-state index contributed by atoms with van der Waals surface area (Å²) >= 11 is 0. The second kappa shape index (κ2) is 7.48. The molecule has 0 aromatic heterocycles. The second-order valence-electron chi connectivity index (χ2n) is 5.17. The summed E-state index contributed by atoms with van der Waals surface area (Å²) in [5, 5.41) is 20.8. The van der Waals surface area contributed by atoms with E-state index in [0.717, 1.165) is 0 Å². The largest absolute Gasteiger partial charge is 0.507 e. The molecular weight excluding hydrogens is 302 g/mol. The van der Waals surface area contributed by atoms with E-state index >= 15 is 0 Å². The molecule has 1 aromatic rings. The third-order valence-electron chi connectivity index (χ3n) is 3.60. The molecule has 8 heteroatoms. The zero-order valence-electron chi connectivity index (χ0n) is 12.6. The average molecular weight is 321 g/mol. The normalized spacial score (nSPS) is 14.4. The van der Waals surface area contributed by atoms with Crippen molar-refractivity contribution in [3.63, 3.8) is 0 Å². The number of hydrogen-bond donors (Lipinski definition) is 3. The number of para-hydroxylation sites is 1. The van der Waals surface area contributed by atoms with E-state index in [1.165, 1.54) is 11.0 Å². The smallest absolute Gasteiger partial charge is 0.317 e. The van der Waals surface area contributed by atoms with Gasteiger partial charge < -0.3 is 25.3 Å². The van der Waals surface area contributed by atoms with Gasteiger partial charge in [0.15, 0.2) is 0 Å². The predicted octanol–water partition coefficient (Wildman–Crippen LogP) is 0.334. The minimum absolute atomic E-state index is 0.0636. The summed E-state index contributed by atoms with van der Waals surface area (Å²) in [4.78, 5) is 37.7. The molecule has 0 aliphatic carbocycles. The molecule has 2 rings (SSSR count). The summed E-state index contributed by atoms with van der Waals surface area (Å²) in [7, 11) is 0. The molecule has 1 heterocycles. The van der Waals surface area contributed by atoms with Crippen molar-refractivity contribution in [2.75, 3.05) is 32.7 Å². The number of rotatable bonds is 4. The Morgan fingerprint density at radius 2 is 1.65 bits per heavy atom. The fourth-order valence-corrected chi connectivity index (χ4v) is 2.33. The number of nitrogens with one attached hydrogen (secondary N) is 1. The number of hydrogen-bond acceptors (Lipinski definition) is 4. The third-order valence-corrected chi connectivity index (χ3v) is 3.60. The fourth-order valence-electron chi connectivity index (χ4n) is 2.33. The molecule has 1 aromatic carbocycles. The van der Waals surface area contributed by atoms with Gasteiger partial charge in [0.05, 0.1) is 12.0 Å². The molecule has 0 spiro atoms. The molecule has 1 aliphatic heterocycles. The molecule has 124 valence electrons. The van der Waals surface area contributed by atoms with Gasteiger partial charge in [-0.15, -0.1) is 0 Å². The number of urea groups is 1. The van der Waals surface area contributed by atoms with Crippen molar-refractivity contribution in [3.05, 3.63) is 29.8 Å². The molecule has 0 saturated carbocycles. The van der Waals surface area contributed by atoms with Crippen LogP contribution in [-0.4, -0.2) is 70.6 Å². The minimum Gasteiger partial charge on any atom is -0.507 e. The number of carboxylic acid groups (broad SMARTS) is 1. The monoisotopic (exact) mass is 321 g/mol. The van der Waals surface area contributed by atoms with Crippen molar-refractivity contribution in [2.24, 2.45) is 0 Å². The molecule has 3 N–H and O–H groups in total. The van der Waals surface area contributed by atoms with Crippen molar-refractivity contribution in [1.29, 1.82) is 0 Å². The number of nitrogens with zero attached hydrogens (tertiary/aromatic N) is 2. The molecule has 1 saturated heterocycles. The van der Waals surface area contributed by atoms with Gasteiger partial charge in [-0.1, -0.05) is 12.1 Å². The van der Waals surface area contributed by atoms with Gasteiger partial charge in [0.2, 0.25) is 0 Å². The van der Waals surface area contributed by atoms with E-state index in [0.29, 0.717) is 26.2 Å². The van der Waals surface area contributed by atoms with Crippen LogP contribution < -0.4 is 5.32 Å². The Hall–Kier alpha value is -2.77. The van der Waals surface area contributed by atoms with Crippen molar-refractivity contribution in [3.8, 4) is 5.75 Å². The lowest BCUT2D eigenvalue weighted by Crippen LogP contribution is -2.53. The van der Waals surface area contributed by atoms with Crippen LogP contribution in [0.4, 0.5) is 4.79 Å². The highest BCUT2D eigenvalue weighted by atomic mass is 16.4. The number of piperazine rings is 1. The number of aromatic hydroxyl groups is 1. The Morgan fingerprint density at radius 3 is 2.26 bits per heavy atom. The summed E-state index contributed by atoms with van der Waals surface area (Å²) in [5.74, 6) is -1.30. The molecule has 0 bridgehead atoms. The topological polar surface area (TPSA) is 110 Å². The van der Waals surface area contributed by atoms with Crippen LogP contribution >= 0.6 is 0 Å². The van der Waals surface area contributed by atoms with E-state index < -0.39 is 5.97 Å². The van der Waals surface area contributed by atoms with Crippen molar-refractivity contribution >= 4 is 17.9 Å². The van der Waals surface area contributed by atoms with Gasteiger partial charge in [0, 0.05) is 32.7 Å². The molecule has 0 unspecified atom stereocenters. The lowest BCUT2D eigenvalue weighted by molar-refractivity contribution is -0.136. The lowest BCUT2D eigenvalue weighted by atomic mass is 10.1. The van der Waals surface area contributed by atoms with E-state index in [9.17, 15) is 19.5 Å². The summed E-state index contributed by atoms with van der Waals surface area (Å²) in [6.07, 6.45) is -0.128. The van der Waals surface area contributed by atoms with Gasteiger partial charge >= 0.3 is 12.0 Å². The van der Waals surface area contributed by atoms with Crippen LogP contribution in [0.1, 0.15) is 16.8 Å². The van der Waals surface area contributed by atoms with Crippen LogP contribution in [0.2, 0.25) is 0 Å². The molecule has 0 atom stereocenters. The number of amides is 3. The Balaban J connectivity index is 1.84. The van der Waals surface area contributed by atoms with Gasteiger partial charge in [-0.05, 0) is 12.1 Å². The summed E-state index contributed by atoms with van der Waals surface area (Å²) in [6, 6.07) is 6.01. The first-order valence-electron chi connectivity index (χ1n) is 7.31. The van der Waals surface area contributed by atoms with Crippen molar-refractivity contribution < 1.29 is 24.6 Å². The van der Waals surface area contributed by atoms with Crippen LogP contribution in [0.15, 0.2) is 24.3 Å². The molecule has 1 aliphatic rings. The van der Waals surface area contributed by atoms with Crippen LogP contribution in [-0.2, 0) is 4.79 Å². The number of phenols is 1. The van der Waals surface area contributed by atoms with E-state index in [1.54, 1.807) is 23.1 Å². The van der Waals surface area contributed by atoms with Crippen molar-refractivity contribution in [1.82, 2.24) is 15.1 Å². The van der Waals surface area contributed by atoms with Crippen molar-refractivity contribution in [2.45, 2.75) is 6.42 Å². The maximum absolute atomic E-state index is 12.3. The third kappa shape index (κ3) is 4.35. The standard InChI is InChI=1S/C15H19N3O5/c19-12-4-2-1-3-11(12)14(22)17-7-9-18(10-8-17)15(23)16-6-5-13(20)21/h1-4,19H,5-10H2,(H,16,23)(H,20,21). The SMILES string of the molecule is O=C(O)CCNC(=O)N1CCN(C(=O)c2ccccc2O)CC1. The highest BCUT2D eigenvalue weighted by Gasteiger charge is 2.25. The van der Waals surface area contributed by atoms with Gasteiger partial charge in [-0.3, -0.25) is 9.59 Å². The van der Waals surface area contributed by atoms with Crippen LogP contribution in [0.5, 0.6) is 5.75 Å². The Morgan fingerprint density at radius 1 is 1.04 bits per heavy atom. The van der Waals surface area contributed by atoms with Crippen LogP contribution in [0, 0.1) is 0 Å². The maximum atomic E-state index is 12.3. The Kier molecular flexibility index (Phi) is 5.40. The summed E-state index contributed by atoms with van der Waals surface area (Å²) in [6.45, 7) is 1.51. The maximum Gasteiger partial charge on any atom is 0.317 e. The number of aliphatic carboxylic acids is 1. The second-order valence-corrected chi connectivity index (χ2v) is 5.17. The van der Waals surface area contributed by atoms with Crippen LogP contribution in [0.3, 0.4) is 0 Å². The van der Waals surface area contributed by atoms with E-state index in [-0.39, 0.29) is 36.2 Å². The molecular formula is C15H19N3O5. The number of phenolic OH excluding ortho intramolecular Hbond substituents is 1. The number of carbonyl (C=O) groups is 3. The van der Waals surface area contributed by atoms with Crippen LogP contribution in [0.25, 0.3) is 0 Å². The average Bonchev–Trinajstić information content (AvgIpc) is 2.54. The zero-order valence-corrected chi connectivity index (χ0v) is 12.6. The Bertz CT molecular complexity index is 597. The van der Waals surface area contributed by atoms with Gasteiger partial charge in [-0.25, -0.2) is 4.79 Å². The number of carbonyl (C=O) groups excluding carboxylic acids is 2. The zero-order chi connectivity index (χ0) is 16.8. The van der Waals surface area contributed by atoms with E-state index in [2.05, 4.69) is 5.32 Å².